The maximum atomic E-state index is 13.0. The summed E-state index contributed by atoms with van der Waals surface area (Å²) < 4.78 is 34.0. The van der Waals surface area contributed by atoms with E-state index in [-0.39, 0.29) is 22.7 Å². The average molecular weight is 528 g/mol. The Labute approximate surface area is 194 Å². The molecule has 3 aromatic rings. The summed E-state index contributed by atoms with van der Waals surface area (Å²) in [6.45, 7) is 0.230. The summed E-state index contributed by atoms with van der Waals surface area (Å²) in [5.41, 5.74) is 0.455. The van der Waals surface area contributed by atoms with E-state index in [4.69, 9.17) is 39.2 Å². The van der Waals surface area contributed by atoms with Gasteiger partial charge >= 0.3 is 6.01 Å². The van der Waals surface area contributed by atoms with Crippen LogP contribution in [0.3, 0.4) is 0 Å². The van der Waals surface area contributed by atoms with Gasteiger partial charge in [0.15, 0.2) is 0 Å². The van der Waals surface area contributed by atoms with Crippen molar-refractivity contribution in [3.63, 3.8) is 0 Å². The third-order valence-corrected chi connectivity index (χ3v) is 9.50. The summed E-state index contributed by atoms with van der Waals surface area (Å²) >= 11 is 20.0. The van der Waals surface area contributed by atoms with E-state index in [1.54, 1.807) is 6.07 Å². The van der Waals surface area contributed by atoms with E-state index in [1.165, 1.54) is 16.4 Å². The zero-order chi connectivity index (χ0) is 21.5. The van der Waals surface area contributed by atoms with Crippen molar-refractivity contribution in [2.24, 2.45) is 0 Å². The number of anilines is 1. The van der Waals surface area contributed by atoms with Gasteiger partial charge in [0.25, 0.3) is 15.9 Å². The maximum Gasteiger partial charge on any atom is 0.322 e. The molecule has 1 aliphatic heterocycles. The second-order valence-corrected chi connectivity index (χ2v) is 12.4. The molecule has 4 heterocycles. The average Bonchev–Trinajstić information content (AvgIpc) is 3.42. The van der Waals surface area contributed by atoms with Crippen molar-refractivity contribution in [3.8, 4) is 11.5 Å². The van der Waals surface area contributed by atoms with E-state index in [9.17, 15) is 13.2 Å². The molecule has 14 heteroatoms. The second kappa shape index (κ2) is 8.73. The number of nitrogens with one attached hydrogen (secondary N) is 1. The van der Waals surface area contributed by atoms with Crippen LogP contribution in [0.25, 0.3) is 11.5 Å². The van der Waals surface area contributed by atoms with Crippen molar-refractivity contribution in [3.05, 3.63) is 31.2 Å². The third-order valence-electron chi connectivity index (χ3n) is 4.41. The number of hydrogen-bond acceptors (Lipinski definition) is 8. The van der Waals surface area contributed by atoms with Crippen LogP contribution >= 0.6 is 57.5 Å². The third kappa shape index (κ3) is 4.38. The van der Waals surface area contributed by atoms with Crippen molar-refractivity contribution < 1.29 is 17.6 Å². The highest BCUT2D eigenvalue weighted by Gasteiger charge is 2.38. The topological polar surface area (TPSA) is 105 Å². The number of hydrogen-bond donors (Lipinski definition) is 1. The molecule has 1 amide bonds. The van der Waals surface area contributed by atoms with Gasteiger partial charge in [0.05, 0.1) is 14.2 Å². The normalized spacial score (nSPS) is 17.9. The number of carbonyl (C=O) groups excluding carboxylic acids is 1. The number of thiophene rings is 2. The second-order valence-electron chi connectivity index (χ2n) is 6.33. The minimum Gasteiger partial charge on any atom is -0.403 e. The summed E-state index contributed by atoms with van der Waals surface area (Å²) in [6.07, 6.45) is 1.74. The highest BCUT2D eigenvalue weighted by atomic mass is 35.5. The summed E-state index contributed by atoms with van der Waals surface area (Å²) in [5, 5.41) is 10.2. The standard InChI is InChI=1S/C16H13Cl3N4O4S3/c17-10-4-5-12(28-10)30(25,26)23-6-2-1-3-9(23)14(24)20-16-22-21-15(27-16)8-7-11(18)29-13(8)19/h4-5,7,9H,1-3,6H2,(H,20,22,24). The molecule has 160 valence electrons. The Morgan fingerprint density at radius 3 is 2.63 bits per heavy atom. The molecule has 0 saturated carbocycles. The van der Waals surface area contributed by atoms with Gasteiger partial charge in [0.1, 0.15) is 14.6 Å². The van der Waals surface area contributed by atoms with Gasteiger partial charge in [-0.05, 0) is 31.0 Å². The van der Waals surface area contributed by atoms with Crippen LogP contribution in [-0.4, -0.2) is 41.4 Å². The van der Waals surface area contributed by atoms with Gasteiger partial charge in [0, 0.05) is 6.54 Å². The molecule has 1 N–H and O–H groups in total. The van der Waals surface area contributed by atoms with Gasteiger partial charge in [-0.3, -0.25) is 10.1 Å². The Kier molecular flexibility index (Phi) is 6.40. The fourth-order valence-electron chi connectivity index (χ4n) is 3.06. The van der Waals surface area contributed by atoms with Gasteiger partial charge < -0.3 is 4.42 Å². The Morgan fingerprint density at radius 1 is 1.17 bits per heavy atom. The van der Waals surface area contributed by atoms with E-state index in [1.807, 2.05) is 0 Å². The van der Waals surface area contributed by atoms with E-state index in [0.717, 1.165) is 22.7 Å². The molecule has 1 unspecified atom stereocenters. The van der Waals surface area contributed by atoms with Crippen LogP contribution in [0.5, 0.6) is 0 Å². The molecule has 0 bridgehead atoms. The van der Waals surface area contributed by atoms with Crippen molar-refractivity contribution >= 4 is 79.4 Å². The molecule has 4 rings (SSSR count). The maximum absolute atomic E-state index is 13.0. The van der Waals surface area contributed by atoms with E-state index >= 15 is 0 Å². The van der Waals surface area contributed by atoms with Gasteiger partial charge in [-0.1, -0.05) is 46.3 Å². The highest BCUT2D eigenvalue weighted by molar-refractivity contribution is 7.91. The van der Waals surface area contributed by atoms with Crippen molar-refractivity contribution in [2.45, 2.75) is 29.5 Å². The van der Waals surface area contributed by atoms with Crippen LogP contribution in [0.15, 0.2) is 26.8 Å². The molecule has 0 aromatic carbocycles. The van der Waals surface area contributed by atoms with Crippen LogP contribution in [0.4, 0.5) is 6.01 Å². The van der Waals surface area contributed by atoms with Crippen LogP contribution in [0.2, 0.25) is 13.0 Å². The first-order chi connectivity index (χ1) is 14.3. The predicted octanol–water partition coefficient (Wildman–Crippen LogP) is 5.00. The fourth-order valence-corrected chi connectivity index (χ4v) is 7.78. The Hall–Kier alpha value is -1.21. The smallest absolute Gasteiger partial charge is 0.322 e. The van der Waals surface area contributed by atoms with Gasteiger partial charge in [-0.2, -0.15) is 4.31 Å². The molecule has 3 aromatic heterocycles. The largest absolute Gasteiger partial charge is 0.403 e. The monoisotopic (exact) mass is 526 g/mol. The van der Waals surface area contributed by atoms with Crippen LogP contribution < -0.4 is 5.32 Å². The summed E-state index contributed by atoms with van der Waals surface area (Å²) in [6, 6.07) is 3.47. The molecule has 8 nitrogen and oxygen atoms in total. The van der Waals surface area contributed by atoms with Gasteiger partial charge in [-0.15, -0.1) is 27.8 Å². The van der Waals surface area contributed by atoms with E-state index in [0.29, 0.717) is 37.8 Å². The zero-order valence-electron chi connectivity index (χ0n) is 15.0. The lowest BCUT2D eigenvalue weighted by Crippen LogP contribution is -2.49. The summed E-state index contributed by atoms with van der Waals surface area (Å²) in [7, 11) is -3.86. The van der Waals surface area contributed by atoms with Gasteiger partial charge in [0.2, 0.25) is 5.91 Å². The molecule has 1 fully saturated rings. The molecular formula is C16H13Cl3N4O4S3. The first kappa shape index (κ1) is 22.0. The molecule has 1 saturated heterocycles. The first-order valence-electron chi connectivity index (χ1n) is 8.62. The SMILES string of the molecule is O=C(Nc1nnc(-c2cc(Cl)sc2Cl)o1)C1CCCCN1S(=O)(=O)c1ccc(Cl)s1. The van der Waals surface area contributed by atoms with Crippen LogP contribution in [0, 0.1) is 0 Å². The zero-order valence-corrected chi connectivity index (χ0v) is 19.7. The van der Waals surface area contributed by atoms with Crippen LogP contribution in [0.1, 0.15) is 19.3 Å². The van der Waals surface area contributed by atoms with Crippen LogP contribution in [-0.2, 0) is 14.8 Å². The summed E-state index contributed by atoms with van der Waals surface area (Å²) in [4.78, 5) is 12.9. The number of sulfonamides is 1. The minimum atomic E-state index is -3.86. The molecule has 30 heavy (non-hydrogen) atoms. The number of nitrogens with zero attached hydrogens (tertiary/aromatic N) is 3. The van der Waals surface area contributed by atoms with Crippen molar-refractivity contribution in [1.82, 2.24) is 14.5 Å². The Bertz CT molecular complexity index is 1190. The lowest BCUT2D eigenvalue weighted by molar-refractivity contribution is -0.120. The number of carbonyl (C=O) groups is 1. The quantitative estimate of drug-likeness (QED) is 0.500. The van der Waals surface area contributed by atoms with E-state index in [2.05, 4.69) is 15.5 Å². The lowest BCUT2D eigenvalue weighted by atomic mass is 10.0. The number of amides is 1. The number of halogens is 3. The molecule has 1 atom stereocenters. The number of piperidine rings is 1. The Morgan fingerprint density at radius 2 is 1.97 bits per heavy atom. The lowest BCUT2D eigenvalue weighted by Gasteiger charge is -2.32. The molecule has 1 aliphatic rings. The molecular weight excluding hydrogens is 515 g/mol. The van der Waals surface area contributed by atoms with E-state index < -0.39 is 22.0 Å². The van der Waals surface area contributed by atoms with Crippen molar-refractivity contribution in [1.29, 1.82) is 0 Å². The predicted molar refractivity (Wildman–Crippen MR) is 117 cm³/mol. The minimum absolute atomic E-state index is 0.0938. The van der Waals surface area contributed by atoms with Gasteiger partial charge in [-0.25, -0.2) is 8.42 Å². The first-order valence-corrected chi connectivity index (χ1v) is 12.8. The molecule has 0 aliphatic carbocycles. The molecule has 0 radical (unpaired) electrons. The highest BCUT2D eigenvalue weighted by Crippen LogP contribution is 2.38. The number of aromatic nitrogens is 2. The Balaban J connectivity index is 1.54. The fraction of sp³-hybridized carbons (Fsp3) is 0.312. The summed E-state index contributed by atoms with van der Waals surface area (Å²) in [5.74, 6) is -0.453. The number of rotatable bonds is 5. The molecule has 0 spiro atoms. The van der Waals surface area contributed by atoms with Crippen molar-refractivity contribution in [2.75, 3.05) is 11.9 Å².